The quantitative estimate of drug-likeness (QED) is 0.610. The number of carbonyl (C=O) groups excluding carboxylic acids is 1. The number of nitrogens with one attached hydrogen (secondary N) is 1. The first-order valence-corrected chi connectivity index (χ1v) is 13.1. The van der Waals surface area contributed by atoms with Crippen LogP contribution in [0.1, 0.15) is 38.2 Å². The summed E-state index contributed by atoms with van der Waals surface area (Å²) in [7, 11) is -2.23. The van der Waals surface area contributed by atoms with E-state index < -0.39 is 10.0 Å². The standard InChI is InChI=1S/C23H30N2O4S2/c1-16(2)18-9-10-20(29-3)22(15-18)31(27,28)25-13-11-17(12-14-25)23(26)24-19-7-5-6-8-21(19)30-4/h5-10,15-17H,11-14H2,1-4H3,(H,24,26). The van der Waals surface area contributed by atoms with Gasteiger partial charge in [0.25, 0.3) is 0 Å². The number of benzene rings is 2. The summed E-state index contributed by atoms with van der Waals surface area (Å²) < 4.78 is 33.5. The Balaban J connectivity index is 1.71. The Bertz CT molecular complexity index is 1030. The maximum absolute atomic E-state index is 13.3. The minimum Gasteiger partial charge on any atom is -0.495 e. The summed E-state index contributed by atoms with van der Waals surface area (Å²) >= 11 is 1.58. The zero-order valence-electron chi connectivity index (χ0n) is 18.4. The van der Waals surface area contributed by atoms with Crippen LogP contribution in [0.5, 0.6) is 5.75 Å². The third-order valence-corrected chi connectivity index (χ3v) is 8.38. The van der Waals surface area contributed by atoms with E-state index in [1.807, 2.05) is 50.4 Å². The Morgan fingerprint density at radius 2 is 1.84 bits per heavy atom. The number of rotatable bonds is 7. The van der Waals surface area contributed by atoms with E-state index in [1.54, 1.807) is 23.9 Å². The topological polar surface area (TPSA) is 75.7 Å². The Kier molecular flexibility index (Phi) is 7.67. The summed E-state index contributed by atoms with van der Waals surface area (Å²) in [5, 5.41) is 3.01. The van der Waals surface area contributed by atoms with E-state index in [0.29, 0.717) is 31.7 Å². The van der Waals surface area contributed by atoms with E-state index in [2.05, 4.69) is 5.32 Å². The van der Waals surface area contributed by atoms with Crippen LogP contribution in [0.2, 0.25) is 0 Å². The highest BCUT2D eigenvalue weighted by molar-refractivity contribution is 7.98. The lowest BCUT2D eigenvalue weighted by molar-refractivity contribution is -0.120. The Hall–Kier alpha value is -2.03. The minimum absolute atomic E-state index is 0.0575. The van der Waals surface area contributed by atoms with Gasteiger partial charge in [0.15, 0.2) is 0 Å². The van der Waals surface area contributed by atoms with E-state index >= 15 is 0 Å². The minimum atomic E-state index is -3.71. The summed E-state index contributed by atoms with van der Waals surface area (Å²) in [5.74, 6) is 0.277. The number of carbonyl (C=O) groups is 1. The molecule has 0 bridgehead atoms. The van der Waals surface area contributed by atoms with Crippen LogP contribution in [-0.4, -0.2) is 45.1 Å². The lowest BCUT2D eigenvalue weighted by atomic mass is 9.97. The third-order valence-electron chi connectivity index (χ3n) is 5.66. The maximum atomic E-state index is 13.3. The molecule has 0 atom stereocenters. The number of nitrogens with zero attached hydrogens (tertiary/aromatic N) is 1. The van der Waals surface area contributed by atoms with Gasteiger partial charge in [-0.15, -0.1) is 11.8 Å². The highest BCUT2D eigenvalue weighted by atomic mass is 32.2. The molecule has 0 unspecified atom stereocenters. The molecule has 168 valence electrons. The molecule has 1 heterocycles. The number of ether oxygens (including phenoxy) is 1. The average Bonchev–Trinajstić information content (AvgIpc) is 2.78. The van der Waals surface area contributed by atoms with Gasteiger partial charge >= 0.3 is 0 Å². The SMILES string of the molecule is COc1ccc(C(C)C)cc1S(=O)(=O)N1CCC(C(=O)Nc2ccccc2SC)CC1. The summed E-state index contributed by atoms with van der Waals surface area (Å²) in [5.41, 5.74) is 1.74. The number of anilines is 1. The van der Waals surface area contributed by atoms with Crippen molar-refractivity contribution in [2.24, 2.45) is 5.92 Å². The Morgan fingerprint density at radius 3 is 2.45 bits per heavy atom. The molecule has 0 aliphatic carbocycles. The van der Waals surface area contributed by atoms with Gasteiger partial charge < -0.3 is 10.1 Å². The average molecular weight is 463 g/mol. The monoisotopic (exact) mass is 462 g/mol. The molecule has 0 saturated carbocycles. The fourth-order valence-corrected chi connectivity index (χ4v) is 5.95. The van der Waals surface area contributed by atoms with Crippen LogP contribution in [0.3, 0.4) is 0 Å². The number of amides is 1. The van der Waals surface area contributed by atoms with Gasteiger partial charge in [-0.1, -0.05) is 32.0 Å². The first-order chi connectivity index (χ1) is 14.8. The van der Waals surface area contributed by atoms with Crippen molar-refractivity contribution in [3.63, 3.8) is 0 Å². The molecular weight excluding hydrogens is 432 g/mol. The van der Waals surface area contributed by atoms with Gasteiger partial charge in [0.1, 0.15) is 10.6 Å². The lowest BCUT2D eigenvalue weighted by Gasteiger charge is -2.31. The number of methoxy groups -OCH3 is 1. The van der Waals surface area contributed by atoms with Gasteiger partial charge in [-0.05, 0) is 54.8 Å². The summed E-state index contributed by atoms with van der Waals surface area (Å²) in [6, 6.07) is 13.0. The van der Waals surface area contributed by atoms with E-state index in [0.717, 1.165) is 16.1 Å². The van der Waals surface area contributed by atoms with Crippen molar-refractivity contribution in [1.29, 1.82) is 0 Å². The van der Waals surface area contributed by atoms with Crippen molar-refractivity contribution in [2.45, 2.75) is 42.4 Å². The molecule has 2 aromatic rings. The predicted octanol–water partition coefficient (Wildman–Crippen LogP) is 4.58. The second-order valence-electron chi connectivity index (χ2n) is 7.93. The highest BCUT2D eigenvalue weighted by Crippen LogP contribution is 2.33. The van der Waals surface area contributed by atoms with Gasteiger partial charge in [0.05, 0.1) is 12.8 Å². The summed E-state index contributed by atoms with van der Waals surface area (Å²) in [6.07, 6.45) is 2.94. The van der Waals surface area contributed by atoms with Crippen LogP contribution in [0, 0.1) is 5.92 Å². The van der Waals surface area contributed by atoms with Crippen molar-refractivity contribution in [3.8, 4) is 5.75 Å². The number of hydrogen-bond acceptors (Lipinski definition) is 5. The smallest absolute Gasteiger partial charge is 0.246 e. The van der Waals surface area contributed by atoms with Crippen molar-refractivity contribution < 1.29 is 17.9 Å². The Morgan fingerprint density at radius 1 is 1.16 bits per heavy atom. The number of para-hydroxylation sites is 1. The van der Waals surface area contributed by atoms with Crippen molar-refractivity contribution in [3.05, 3.63) is 48.0 Å². The number of sulfonamides is 1. The molecular formula is C23H30N2O4S2. The van der Waals surface area contributed by atoms with Gasteiger partial charge in [-0.3, -0.25) is 4.79 Å². The largest absolute Gasteiger partial charge is 0.495 e. The zero-order valence-corrected chi connectivity index (χ0v) is 20.1. The first kappa shape index (κ1) is 23.6. The van der Waals surface area contributed by atoms with E-state index in [4.69, 9.17) is 4.74 Å². The molecule has 1 aliphatic rings. The van der Waals surface area contributed by atoms with Crippen LogP contribution in [0.25, 0.3) is 0 Å². The van der Waals surface area contributed by atoms with Crippen molar-refractivity contribution in [1.82, 2.24) is 4.31 Å². The molecule has 0 aromatic heterocycles. The van der Waals surface area contributed by atoms with E-state index in [9.17, 15) is 13.2 Å². The van der Waals surface area contributed by atoms with Crippen molar-refractivity contribution >= 4 is 33.4 Å². The first-order valence-electron chi connectivity index (χ1n) is 10.4. The third kappa shape index (κ3) is 5.25. The van der Waals surface area contributed by atoms with Crippen LogP contribution in [0.4, 0.5) is 5.69 Å². The molecule has 1 fully saturated rings. The van der Waals surface area contributed by atoms with Crippen LogP contribution < -0.4 is 10.1 Å². The molecule has 1 saturated heterocycles. The summed E-state index contributed by atoms with van der Waals surface area (Å²) in [6.45, 7) is 4.66. The fourth-order valence-electron chi connectivity index (χ4n) is 3.73. The zero-order chi connectivity index (χ0) is 22.6. The molecule has 8 heteroatoms. The molecule has 2 aromatic carbocycles. The lowest BCUT2D eigenvalue weighted by Crippen LogP contribution is -2.41. The maximum Gasteiger partial charge on any atom is 0.246 e. The predicted molar refractivity (Wildman–Crippen MR) is 125 cm³/mol. The molecule has 6 nitrogen and oxygen atoms in total. The van der Waals surface area contributed by atoms with E-state index in [-0.39, 0.29) is 22.6 Å². The van der Waals surface area contributed by atoms with Gasteiger partial charge in [0.2, 0.25) is 15.9 Å². The number of thioether (sulfide) groups is 1. The van der Waals surface area contributed by atoms with Gasteiger partial charge in [-0.2, -0.15) is 4.31 Å². The van der Waals surface area contributed by atoms with E-state index in [1.165, 1.54) is 11.4 Å². The van der Waals surface area contributed by atoms with Crippen molar-refractivity contribution in [2.75, 3.05) is 31.8 Å². The number of hydrogen-bond donors (Lipinski definition) is 1. The normalized spacial score (nSPS) is 15.8. The molecule has 31 heavy (non-hydrogen) atoms. The van der Waals surface area contributed by atoms with Gasteiger partial charge in [-0.25, -0.2) is 8.42 Å². The molecule has 3 rings (SSSR count). The fraction of sp³-hybridized carbons (Fsp3) is 0.435. The Labute approximate surface area is 189 Å². The highest BCUT2D eigenvalue weighted by Gasteiger charge is 2.34. The molecule has 1 amide bonds. The molecule has 0 radical (unpaired) electrons. The molecule has 1 N–H and O–H groups in total. The summed E-state index contributed by atoms with van der Waals surface area (Å²) in [4.78, 5) is 14.0. The van der Waals surface area contributed by atoms with Crippen LogP contribution in [-0.2, 0) is 14.8 Å². The number of piperidine rings is 1. The van der Waals surface area contributed by atoms with Crippen LogP contribution >= 0.6 is 11.8 Å². The second kappa shape index (κ2) is 10.1. The molecule has 0 spiro atoms. The van der Waals surface area contributed by atoms with Gasteiger partial charge in [0, 0.05) is 23.9 Å². The molecule has 1 aliphatic heterocycles. The van der Waals surface area contributed by atoms with Crippen LogP contribution in [0.15, 0.2) is 52.3 Å². The second-order valence-corrected chi connectivity index (χ2v) is 10.7.